The Balaban J connectivity index is 1.73. The van der Waals surface area contributed by atoms with Crippen LogP contribution >= 0.6 is 0 Å². The summed E-state index contributed by atoms with van der Waals surface area (Å²) in [6.45, 7) is 0. The van der Waals surface area contributed by atoms with Crippen molar-refractivity contribution < 1.29 is 19.0 Å². The van der Waals surface area contributed by atoms with Gasteiger partial charge in [-0.15, -0.1) is 0 Å². The van der Waals surface area contributed by atoms with Crippen molar-refractivity contribution in [3.63, 3.8) is 0 Å². The Bertz CT molecular complexity index is 1280. The minimum absolute atomic E-state index is 0.108. The molecular weight excluding hydrogens is 416 g/mol. The number of para-hydroxylation sites is 1. The second-order valence-electron chi connectivity index (χ2n) is 7.21. The molecule has 0 N–H and O–H groups in total. The van der Waals surface area contributed by atoms with Crippen molar-refractivity contribution in [1.82, 2.24) is 9.78 Å². The molecule has 0 spiro atoms. The standard InChI is InChI=1S/C27H24N2O4/c1-31-23-13-9-19(10-14-23)24(30)15-11-21-18-29(22-7-5-4-6-8-22)28-27(21)20-12-16-25(32-2)26(17-20)33-3/h4-18H,1-3H3/b15-11+. The number of methoxy groups -OCH3 is 3. The topological polar surface area (TPSA) is 62.6 Å². The summed E-state index contributed by atoms with van der Waals surface area (Å²) in [5, 5.41) is 4.80. The van der Waals surface area contributed by atoms with Crippen LogP contribution in [0.4, 0.5) is 0 Å². The van der Waals surface area contributed by atoms with Crippen molar-refractivity contribution in [2.45, 2.75) is 0 Å². The molecule has 0 atom stereocenters. The third-order valence-corrected chi connectivity index (χ3v) is 5.21. The Kier molecular flexibility index (Phi) is 6.55. The van der Waals surface area contributed by atoms with Crippen molar-refractivity contribution in [3.05, 3.63) is 96.2 Å². The molecule has 0 aliphatic carbocycles. The highest BCUT2D eigenvalue weighted by atomic mass is 16.5. The number of hydrogen-bond acceptors (Lipinski definition) is 5. The number of ether oxygens (including phenoxy) is 3. The van der Waals surface area contributed by atoms with Crippen molar-refractivity contribution in [1.29, 1.82) is 0 Å². The highest BCUT2D eigenvalue weighted by molar-refractivity contribution is 6.07. The van der Waals surface area contributed by atoms with Crippen LogP contribution in [0.5, 0.6) is 17.2 Å². The second-order valence-corrected chi connectivity index (χ2v) is 7.21. The average molecular weight is 440 g/mol. The van der Waals surface area contributed by atoms with Gasteiger partial charge in [0.05, 0.1) is 27.0 Å². The maximum atomic E-state index is 12.7. The molecule has 4 rings (SSSR count). The van der Waals surface area contributed by atoms with Gasteiger partial charge >= 0.3 is 0 Å². The lowest BCUT2D eigenvalue weighted by atomic mass is 10.1. The molecule has 3 aromatic carbocycles. The van der Waals surface area contributed by atoms with E-state index in [-0.39, 0.29) is 5.78 Å². The molecular formula is C27H24N2O4. The SMILES string of the molecule is COc1ccc(C(=O)/C=C/c2cn(-c3ccccc3)nc2-c2ccc(OC)c(OC)c2)cc1. The number of carbonyl (C=O) groups is 1. The molecule has 33 heavy (non-hydrogen) atoms. The third-order valence-electron chi connectivity index (χ3n) is 5.21. The van der Waals surface area contributed by atoms with Gasteiger partial charge in [-0.05, 0) is 66.7 Å². The normalized spacial score (nSPS) is 10.9. The number of nitrogens with zero attached hydrogens (tertiary/aromatic N) is 2. The molecule has 0 bridgehead atoms. The van der Waals surface area contributed by atoms with Crippen LogP contribution in [0.2, 0.25) is 0 Å². The van der Waals surface area contributed by atoms with Gasteiger partial charge in [0.25, 0.3) is 0 Å². The number of allylic oxidation sites excluding steroid dienone is 1. The average Bonchev–Trinajstić information content (AvgIpc) is 3.31. The molecule has 0 unspecified atom stereocenters. The minimum atomic E-state index is -0.108. The van der Waals surface area contributed by atoms with Gasteiger partial charge in [-0.25, -0.2) is 4.68 Å². The van der Waals surface area contributed by atoms with Crippen molar-refractivity contribution in [2.24, 2.45) is 0 Å². The number of carbonyl (C=O) groups excluding carboxylic acids is 1. The molecule has 6 nitrogen and oxygen atoms in total. The van der Waals surface area contributed by atoms with Crippen LogP contribution in [0.1, 0.15) is 15.9 Å². The van der Waals surface area contributed by atoms with E-state index in [9.17, 15) is 4.79 Å². The van der Waals surface area contributed by atoms with Crippen LogP contribution < -0.4 is 14.2 Å². The van der Waals surface area contributed by atoms with Crippen LogP contribution in [0.15, 0.2) is 85.1 Å². The number of benzene rings is 3. The summed E-state index contributed by atoms with van der Waals surface area (Å²) in [5.41, 5.74) is 3.86. The van der Waals surface area contributed by atoms with E-state index in [4.69, 9.17) is 19.3 Å². The van der Waals surface area contributed by atoms with E-state index in [0.29, 0.717) is 22.8 Å². The van der Waals surface area contributed by atoms with E-state index in [2.05, 4.69) is 0 Å². The number of hydrogen-bond donors (Lipinski definition) is 0. The fourth-order valence-corrected chi connectivity index (χ4v) is 3.45. The van der Waals surface area contributed by atoms with E-state index in [1.165, 1.54) is 0 Å². The van der Waals surface area contributed by atoms with E-state index in [1.54, 1.807) is 62.4 Å². The Labute approximate surface area is 192 Å². The van der Waals surface area contributed by atoms with Crippen molar-refractivity contribution >= 4 is 11.9 Å². The largest absolute Gasteiger partial charge is 0.497 e. The molecule has 0 aliphatic rings. The third kappa shape index (κ3) is 4.80. The van der Waals surface area contributed by atoms with Gasteiger partial charge in [-0.2, -0.15) is 5.10 Å². The summed E-state index contributed by atoms with van der Waals surface area (Å²) in [4.78, 5) is 12.7. The number of ketones is 1. The summed E-state index contributed by atoms with van der Waals surface area (Å²) >= 11 is 0. The lowest BCUT2D eigenvalue weighted by Gasteiger charge is -2.09. The van der Waals surface area contributed by atoms with Crippen LogP contribution in [0.3, 0.4) is 0 Å². The number of rotatable bonds is 8. The van der Waals surface area contributed by atoms with E-state index >= 15 is 0 Å². The zero-order valence-corrected chi connectivity index (χ0v) is 18.7. The van der Waals surface area contributed by atoms with E-state index < -0.39 is 0 Å². The monoisotopic (exact) mass is 440 g/mol. The van der Waals surface area contributed by atoms with Crippen molar-refractivity contribution in [3.8, 4) is 34.2 Å². The van der Waals surface area contributed by atoms with Gasteiger partial charge in [0.2, 0.25) is 0 Å². The Morgan fingerprint density at radius 1 is 0.848 bits per heavy atom. The van der Waals surface area contributed by atoms with Gasteiger partial charge < -0.3 is 14.2 Å². The molecule has 0 radical (unpaired) electrons. The van der Waals surface area contributed by atoms with Crippen LogP contribution in [0, 0.1) is 0 Å². The molecule has 1 aromatic heterocycles. The predicted octanol–water partition coefficient (Wildman–Crippen LogP) is 5.46. The first kappa shape index (κ1) is 21.9. The zero-order chi connectivity index (χ0) is 23.2. The van der Waals surface area contributed by atoms with E-state index in [0.717, 1.165) is 22.5 Å². The Hall–Kier alpha value is -4.32. The lowest BCUT2D eigenvalue weighted by Crippen LogP contribution is -1.95. The van der Waals surface area contributed by atoms with Gasteiger partial charge in [-0.3, -0.25) is 4.79 Å². The fraction of sp³-hybridized carbons (Fsp3) is 0.111. The number of aromatic nitrogens is 2. The second kappa shape index (κ2) is 9.87. The first-order chi connectivity index (χ1) is 16.1. The quantitative estimate of drug-likeness (QED) is 0.269. The maximum Gasteiger partial charge on any atom is 0.185 e. The highest BCUT2D eigenvalue weighted by Gasteiger charge is 2.14. The summed E-state index contributed by atoms with van der Waals surface area (Å²) in [6, 6.07) is 22.5. The molecule has 166 valence electrons. The van der Waals surface area contributed by atoms with Crippen molar-refractivity contribution in [2.75, 3.05) is 21.3 Å². The first-order valence-corrected chi connectivity index (χ1v) is 10.4. The summed E-state index contributed by atoms with van der Waals surface area (Å²) in [6.07, 6.45) is 5.24. The fourth-order valence-electron chi connectivity index (χ4n) is 3.45. The molecule has 0 saturated carbocycles. The Morgan fingerprint density at radius 3 is 2.24 bits per heavy atom. The van der Waals surface area contributed by atoms with Crippen LogP contribution in [-0.4, -0.2) is 36.9 Å². The van der Waals surface area contributed by atoms with Gasteiger partial charge in [0, 0.05) is 22.9 Å². The van der Waals surface area contributed by atoms with Gasteiger partial charge in [-0.1, -0.05) is 18.2 Å². The minimum Gasteiger partial charge on any atom is -0.497 e. The summed E-state index contributed by atoms with van der Waals surface area (Å²) in [7, 11) is 4.79. The molecule has 1 heterocycles. The van der Waals surface area contributed by atoms with Crippen LogP contribution in [0.25, 0.3) is 23.0 Å². The molecule has 4 aromatic rings. The molecule has 0 fully saturated rings. The lowest BCUT2D eigenvalue weighted by molar-refractivity contribution is 0.104. The molecule has 6 heteroatoms. The van der Waals surface area contributed by atoms with Gasteiger partial charge in [0.15, 0.2) is 17.3 Å². The van der Waals surface area contributed by atoms with E-state index in [1.807, 2.05) is 54.7 Å². The summed E-state index contributed by atoms with van der Waals surface area (Å²) < 4.78 is 17.8. The maximum absolute atomic E-state index is 12.7. The highest BCUT2D eigenvalue weighted by Crippen LogP contribution is 2.33. The van der Waals surface area contributed by atoms with Gasteiger partial charge in [0.1, 0.15) is 11.4 Å². The smallest absolute Gasteiger partial charge is 0.185 e. The first-order valence-electron chi connectivity index (χ1n) is 10.4. The molecule has 0 amide bonds. The predicted molar refractivity (Wildman–Crippen MR) is 128 cm³/mol. The molecule has 0 saturated heterocycles. The zero-order valence-electron chi connectivity index (χ0n) is 18.7. The van der Waals surface area contributed by atoms with Crippen LogP contribution in [-0.2, 0) is 0 Å². The Morgan fingerprint density at radius 2 is 1.58 bits per heavy atom. The molecule has 0 aliphatic heterocycles. The summed E-state index contributed by atoms with van der Waals surface area (Å²) in [5.74, 6) is 1.84.